The highest BCUT2D eigenvalue weighted by molar-refractivity contribution is 4.98. The van der Waals surface area contributed by atoms with E-state index in [1.165, 1.54) is 0 Å². The van der Waals surface area contributed by atoms with Gasteiger partial charge in [-0.25, -0.2) is 0 Å². The van der Waals surface area contributed by atoms with Gasteiger partial charge in [-0.2, -0.15) is 13.2 Å². The summed E-state index contributed by atoms with van der Waals surface area (Å²) in [6.45, 7) is 4.61. The van der Waals surface area contributed by atoms with Gasteiger partial charge in [0.15, 0.2) is 0 Å². The third-order valence-electron chi connectivity index (χ3n) is 0.732. The average molecular weight is 139 g/mol. The van der Waals surface area contributed by atoms with Gasteiger partial charge >= 0.3 is 6.18 Å². The fraction of sp³-hybridized carbons (Fsp3) is 0.600. The second kappa shape index (κ2) is 2.75. The molecule has 0 rings (SSSR count). The highest BCUT2D eigenvalue weighted by Crippen LogP contribution is 2.21. The molecule has 0 radical (unpaired) electrons. The Labute approximate surface area is 51.6 Å². The van der Waals surface area contributed by atoms with E-state index >= 15 is 0 Å². The molecule has 4 heteroatoms. The van der Waals surface area contributed by atoms with Gasteiger partial charge in [-0.15, -0.1) is 0 Å². The summed E-state index contributed by atoms with van der Waals surface area (Å²) in [5.41, 5.74) is -0.884. The Morgan fingerprint density at radius 3 is 2.11 bits per heavy atom. The van der Waals surface area contributed by atoms with Crippen molar-refractivity contribution in [2.75, 3.05) is 6.54 Å². The van der Waals surface area contributed by atoms with Crippen LogP contribution in [0.4, 0.5) is 13.2 Å². The Hall–Kier alpha value is -0.670. The minimum atomic E-state index is -4.30. The molecular weight excluding hydrogens is 131 g/mol. The molecule has 0 saturated heterocycles. The van der Waals surface area contributed by atoms with E-state index < -0.39 is 11.9 Å². The highest BCUT2D eigenvalue weighted by Gasteiger charge is 2.31. The summed E-state index contributed by atoms with van der Waals surface area (Å²) in [4.78, 5) is 0. The third-order valence-corrected chi connectivity index (χ3v) is 0.732. The summed E-state index contributed by atoms with van der Waals surface area (Å²) >= 11 is 0. The predicted molar refractivity (Wildman–Crippen MR) is 28.9 cm³/mol. The molecule has 54 valence electrons. The van der Waals surface area contributed by atoms with Crippen LogP contribution in [-0.4, -0.2) is 12.7 Å². The monoisotopic (exact) mass is 139 g/mol. The SMILES string of the molecule is C=C(NCC)C(F)(F)F. The van der Waals surface area contributed by atoms with Crippen molar-refractivity contribution in [1.82, 2.24) is 5.32 Å². The maximum atomic E-state index is 11.5. The van der Waals surface area contributed by atoms with Crippen molar-refractivity contribution in [2.45, 2.75) is 13.1 Å². The van der Waals surface area contributed by atoms with E-state index in [4.69, 9.17) is 0 Å². The summed E-state index contributed by atoms with van der Waals surface area (Å²) in [6, 6.07) is 0. The van der Waals surface area contributed by atoms with E-state index in [-0.39, 0.29) is 6.54 Å². The van der Waals surface area contributed by atoms with Gasteiger partial charge in [0.2, 0.25) is 0 Å². The number of rotatable bonds is 2. The van der Waals surface area contributed by atoms with E-state index in [9.17, 15) is 13.2 Å². The molecule has 0 amide bonds. The van der Waals surface area contributed by atoms with E-state index in [2.05, 4.69) is 11.9 Å². The molecule has 0 atom stereocenters. The second-order valence-corrected chi connectivity index (χ2v) is 1.51. The van der Waals surface area contributed by atoms with Crippen molar-refractivity contribution in [2.24, 2.45) is 0 Å². The van der Waals surface area contributed by atoms with Gasteiger partial charge in [-0.1, -0.05) is 6.58 Å². The van der Waals surface area contributed by atoms with Crippen LogP contribution in [0.25, 0.3) is 0 Å². The third kappa shape index (κ3) is 3.00. The first-order chi connectivity index (χ1) is 3.98. The van der Waals surface area contributed by atoms with Crippen molar-refractivity contribution in [3.63, 3.8) is 0 Å². The van der Waals surface area contributed by atoms with Crippen LogP contribution >= 0.6 is 0 Å². The lowest BCUT2D eigenvalue weighted by Gasteiger charge is -2.09. The van der Waals surface area contributed by atoms with E-state index in [0.717, 1.165) is 0 Å². The molecule has 0 aliphatic heterocycles. The van der Waals surface area contributed by atoms with Gasteiger partial charge in [-0.3, -0.25) is 0 Å². The first kappa shape index (κ1) is 8.33. The fourth-order valence-corrected chi connectivity index (χ4v) is 0.314. The largest absolute Gasteiger partial charge is 0.430 e. The van der Waals surface area contributed by atoms with Gasteiger partial charge in [0.1, 0.15) is 5.70 Å². The Kier molecular flexibility index (Phi) is 2.55. The molecule has 0 saturated carbocycles. The van der Waals surface area contributed by atoms with Crippen molar-refractivity contribution >= 4 is 0 Å². The molecular formula is C5H8F3N. The van der Waals surface area contributed by atoms with E-state index in [1.807, 2.05) is 0 Å². The number of nitrogens with one attached hydrogen (secondary N) is 1. The van der Waals surface area contributed by atoms with Gasteiger partial charge in [0.25, 0.3) is 0 Å². The topological polar surface area (TPSA) is 12.0 Å². The van der Waals surface area contributed by atoms with Gasteiger partial charge in [-0.05, 0) is 6.92 Å². The lowest BCUT2D eigenvalue weighted by Crippen LogP contribution is -2.24. The quantitative estimate of drug-likeness (QED) is 0.613. The highest BCUT2D eigenvalue weighted by atomic mass is 19.4. The van der Waals surface area contributed by atoms with Crippen LogP contribution in [-0.2, 0) is 0 Å². The Balaban J connectivity index is 3.74. The second-order valence-electron chi connectivity index (χ2n) is 1.51. The Bertz CT molecular complexity index is 105. The first-order valence-corrected chi connectivity index (χ1v) is 2.48. The Morgan fingerprint density at radius 2 is 2.00 bits per heavy atom. The lowest BCUT2D eigenvalue weighted by atomic mass is 10.5. The maximum absolute atomic E-state index is 11.5. The minimum Gasteiger partial charge on any atom is -0.382 e. The number of hydrogen-bond donors (Lipinski definition) is 1. The molecule has 0 aromatic heterocycles. The molecule has 0 aromatic rings. The van der Waals surface area contributed by atoms with Crippen molar-refractivity contribution in [3.05, 3.63) is 12.3 Å². The molecule has 0 heterocycles. The molecule has 0 aromatic carbocycles. The number of alkyl halides is 3. The molecule has 0 aliphatic rings. The number of allylic oxidation sites excluding steroid dienone is 1. The number of hydrogen-bond acceptors (Lipinski definition) is 1. The standard InChI is InChI=1S/C5H8F3N/c1-3-9-4(2)5(6,7)8/h9H,2-3H2,1H3. The summed E-state index contributed by atoms with van der Waals surface area (Å²) in [7, 11) is 0. The van der Waals surface area contributed by atoms with Crippen LogP contribution in [0.15, 0.2) is 12.3 Å². The molecule has 0 unspecified atom stereocenters. The predicted octanol–water partition coefficient (Wildman–Crippen LogP) is 1.67. The van der Waals surface area contributed by atoms with Crippen LogP contribution in [0.5, 0.6) is 0 Å². The normalized spacial score (nSPS) is 11.1. The summed E-state index contributed by atoms with van der Waals surface area (Å²) in [5.74, 6) is 0. The van der Waals surface area contributed by atoms with Gasteiger partial charge < -0.3 is 5.32 Å². The zero-order valence-electron chi connectivity index (χ0n) is 5.05. The minimum absolute atomic E-state index is 0.248. The zero-order chi connectivity index (χ0) is 7.49. The Morgan fingerprint density at radius 1 is 1.56 bits per heavy atom. The van der Waals surface area contributed by atoms with E-state index in [1.54, 1.807) is 6.92 Å². The summed E-state index contributed by atoms with van der Waals surface area (Å²) in [5, 5.41) is 2.07. The average Bonchev–Trinajstić information content (AvgIpc) is 1.64. The first-order valence-electron chi connectivity index (χ1n) is 2.48. The van der Waals surface area contributed by atoms with E-state index in [0.29, 0.717) is 0 Å². The summed E-state index contributed by atoms with van der Waals surface area (Å²) in [6.07, 6.45) is -4.30. The molecule has 1 N–H and O–H groups in total. The molecule has 0 fully saturated rings. The van der Waals surface area contributed by atoms with Crippen LogP contribution < -0.4 is 5.32 Å². The summed E-state index contributed by atoms with van der Waals surface area (Å²) < 4.78 is 34.4. The zero-order valence-corrected chi connectivity index (χ0v) is 5.05. The molecule has 0 aliphatic carbocycles. The van der Waals surface area contributed by atoms with Crippen LogP contribution in [0, 0.1) is 0 Å². The van der Waals surface area contributed by atoms with Crippen LogP contribution in [0.2, 0.25) is 0 Å². The molecule has 0 bridgehead atoms. The van der Waals surface area contributed by atoms with Crippen molar-refractivity contribution in [1.29, 1.82) is 0 Å². The fourth-order valence-electron chi connectivity index (χ4n) is 0.314. The molecule has 0 spiro atoms. The van der Waals surface area contributed by atoms with Gasteiger partial charge in [0.05, 0.1) is 0 Å². The molecule has 9 heavy (non-hydrogen) atoms. The maximum Gasteiger partial charge on any atom is 0.430 e. The van der Waals surface area contributed by atoms with Crippen LogP contribution in [0.3, 0.4) is 0 Å². The van der Waals surface area contributed by atoms with Gasteiger partial charge in [0, 0.05) is 6.54 Å². The lowest BCUT2D eigenvalue weighted by molar-refractivity contribution is -0.0961. The van der Waals surface area contributed by atoms with Crippen molar-refractivity contribution in [3.8, 4) is 0 Å². The molecule has 1 nitrogen and oxygen atoms in total. The van der Waals surface area contributed by atoms with Crippen molar-refractivity contribution < 1.29 is 13.2 Å². The smallest absolute Gasteiger partial charge is 0.382 e. The van der Waals surface area contributed by atoms with Crippen LogP contribution in [0.1, 0.15) is 6.92 Å². The number of halogens is 3.